The Morgan fingerprint density at radius 1 is 0.762 bits per heavy atom. The zero-order valence-corrected chi connectivity index (χ0v) is 23.5. The monoisotopic (exact) mass is 558 g/mol. The number of benzene rings is 3. The maximum absolute atomic E-state index is 13.5. The minimum Gasteiger partial charge on any atom is -0.511 e. The molecule has 2 aliphatic rings. The van der Waals surface area contributed by atoms with Crippen molar-refractivity contribution in [2.24, 2.45) is 4.99 Å². The first-order valence-electron chi connectivity index (χ1n) is 14.7. The van der Waals surface area contributed by atoms with Gasteiger partial charge in [-0.2, -0.15) is 0 Å². The van der Waals surface area contributed by atoms with E-state index in [4.69, 9.17) is 9.52 Å². The average Bonchev–Trinajstić information content (AvgIpc) is 3.44. The Hall–Kier alpha value is -4.58. The molecular formula is C36H34N2O4. The highest BCUT2D eigenvalue weighted by Crippen LogP contribution is 2.36. The van der Waals surface area contributed by atoms with Crippen LogP contribution in [0, 0.1) is 0 Å². The number of allylic oxidation sites excluding steroid dienone is 2. The number of rotatable bonds is 8. The highest BCUT2D eigenvalue weighted by molar-refractivity contribution is 6.24. The number of carbonyl (C=O) groups is 2. The number of aryl methyl sites for hydroxylation is 1. The first-order valence-corrected chi connectivity index (χ1v) is 14.7. The first-order chi connectivity index (χ1) is 20.6. The molecule has 1 heterocycles. The lowest BCUT2D eigenvalue weighted by atomic mass is 9.78. The molecule has 1 N–H and O–H groups in total. The van der Waals surface area contributed by atoms with Gasteiger partial charge in [0.15, 0.2) is 11.6 Å². The van der Waals surface area contributed by atoms with E-state index in [9.17, 15) is 14.7 Å². The van der Waals surface area contributed by atoms with Crippen LogP contribution in [0.1, 0.15) is 76.0 Å². The fourth-order valence-electron chi connectivity index (χ4n) is 6.22. The molecule has 0 radical (unpaired) electrons. The minimum atomic E-state index is -0.102. The molecule has 1 saturated carbocycles. The van der Waals surface area contributed by atoms with Crippen LogP contribution in [0.5, 0.6) is 0 Å². The molecule has 6 nitrogen and oxygen atoms in total. The fraction of sp³-hybridized carbons (Fsp3) is 0.278. The van der Waals surface area contributed by atoms with Crippen LogP contribution in [0.2, 0.25) is 0 Å². The molecule has 1 fully saturated rings. The largest absolute Gasteiger partial charge is 0.511 e. The van der Waals surface area contributed by atoms with E-state index in [2.05, 4.69) is 17.3 Å². The quantitative estimate of drug-likeness (QED) is 0.183. The predicted octanol–water partition coefficient (Wildman–Crippen LogP) is 7.16. The summed E-state index contributed by atoms with van der Waals surface area (Å²) in [6.45, 7) is 0.527. The number of nitrogens with zero attached hydrogens (tertiary/aromatic N) is 2. The molecule has 2 unspecified atom stereocenters. The second-order valence-electron chi connectivity index (χ2n) is 11.2. The molecule has 1 aromatic heterocycles. The summed E-state index contributed by atoms with van der Waals surface area (Å²) >= 11 is 0. The van der Waals surface area contributed by atoms with Crippen molar-refractivity contribution >= 4 is 17.3 Å². The standard InChI is InChI=1S/C36H34N2O4/c39-31(17-16-29-36-33(41)22-28(23-34(36)42-38-29)26-14-8-3-9-15-26)35-30(37-19-18-24-10-4-1-5-11-24)20-27(21-32(35)40)25-12-6-2-7-13-25/h1-15,27-28,39H,16-23H2/b35-31+,37-30?. The molecule has 4 aromatic rings. The van der Waals surface area contributed by atoms with Crippen molar-refractivity contribution in [2.75, 3.05) is 6.54 Å². The molecule has 0 spiro atoms. The Bertz CT molecular complexity index is 1620. The van der Waals surface area contributed by atoms with Crippen LogP contribution in [0.4, 0.5) is 0 Å². The molecular weight excluding hydrogens is 524 g/mol. The summed E-state index contributed by atoms with van der Waals surface area (Å²) in [7, 11) is 0. The number of aliphatic hydroxyl groups excluding tert-OH is 1. The summed E-state index contributed by atoms with van der Waals surface area (Å²) in [6, 6.07) is 30.1. The zero-order valence-electron chi connectivity index (χ0n) is 23.5. The number of aliphatic hydroxyl groups is 1. The van der Waals surface area contributed by atoms with Crippen LogP contribution in [-0.2, 0) is 24.1 Å². The number of aromatic nitrogens is 1. The minimum absolute atomic E-state index is 0.00661. The van der Waals surface area contributed by atoms with E-state index < -0.39 is 0 Å². The van der Waals surface area contributed by atoms with Gasteiger partial charge in [-0.3, -0.25) is 14.6 Å². The molecule has 3 aromatic carbocycles. The van der Waals surface area contributed by atoms with Crippen molar-refractivity contribution in [2.45, 2.75) is 56.8 Å². The third-order valence-electron chi connectivity index (χ3n) is 8.39. The van der Waals surface area contributed by atoms with Gasteiger partial charge in [0.1, 0.15) is 11.5 Å². The molecule has 212 valence electrons. The smallest absolute Gasteiger partial charge is 0.168 e. The summed E-state index contributed by atoms with van der Waals surface area (Å²) < 4.78 is 5.63. The number of carbonyl (C=O) groups excluding carboxylic acids is 2. The van der Waals surface area contributed by atoms with Crippen molar-refractivity contribution < 1.29 is 19.2 Å². The Balaban J connectivity index is 1.21. The summed E-state index contributed by atoms with van der Waals surface area (Å²) in [5.41, 5.74) is 5.44. The Kier molecular flexibility index (Phi) is 8.22. The number of ketones is 2. The van der Waals surface area contributed by atoms with E-state index >= 15 is 0 Å². The van der Waals surface area contributed by atoms with Gasteiger partial charge in [-0.25, -0.2) is 0 Å². The van der Waals surface area contributed by atoms with Crippen molar-refractivity contribution in [3.8, 4) is 0 Å². The zero-order chi connectivity index (χ0) is 28.9. The van der Waals surface area contributed by atoms with Crippen LogP contribution >= 0.6 is 0 Å². The summed E-state index contributed by atoms with van der Waals surface area (Å²) in [6.07, 6.45) is 3.16. The van der Waals surface area contributed by atoms with Crippen molar-refractivity contribution in [1.82, 2.24) is 5.16 Å². The van der Waals surface area contributed by atoms with Gasteiger partial charge in [0.25, 0.3) is 0 Å². The Morgan fingerprint density at radius 2 is 1.36 bits per heavy atom. The molecule has 2 aliphatic carbocycles. The van der Waals surface area contributed by atoms with Crippen LogP contribution in [0.3, 0.4) is 0 Å². The topological polar surface area (TPSA) is 92.8 Å². The number of aliphatic imine (C=N–C) groups is 1. The fourth-order valence-corrected chi connectivity index (χ4v) is 6.22. The lowest BCUT2D eigenvalue weighted by Crippen LogP contribution is -2.27. The van der Waals surface area contributed by atoms with Gasteiger partial charge in [0, 0.05) is 44.4 Å². The maximum atomic E-state index is 13.5. The van der Waals surface area contributed by atoms with Gasteiger partial charge in [0.05, 0.1) is 16.8 Å². The molecule has 0 bridgehead atoms. The first kappa shape index (κ1) is 27.6. The van der Waals surface area contributed by atoms with Gasteiger partial charge < -0.3 is 9.63 Å². The van der Waals surface area contributed by atoms with E-state index in [1.54, 1.807) is 0 Å². The lowest BCUT2D eigenvalue weighted by Gasteiger charge is -2.26. The third-order valence-corrected chi connectivity index (χ3v) is 8.39. The Labute approximate surface area is 245 Å². The number of hydrogen-bond acceptors (Lipinski definition) is 6. The van der Waals surface area contributed by atoms with Gasteiger partial charge in [-0.1, -0.05) is 96.2 Å². The van der Waals surface area contributed by atoms with Gasteiger partial charge in [0.2, 0.25) is 0 Å². The second-order valence-corrected chi connectivity index (χ2v) is 11.2. The van der Waals surface area contributed by atoms with Gasteiger partial charge in [-0.05, 0) is 41.4 Å². The van der Waals surface area contributed by atoms with E-state index in [0.717, 1.165) is 17.5 Å². The van der Waals surface area contributed by atoms with Gasteiger partial charge in [-0.15, -0.1) is 0 Å². The number of fused-ring (bicyclic) bond motifs is 1. The molecule has 6 rings (SSSR count). The van der Waals surface area contributed by atoms with Crippen molar-refractivity contribution in [3.63, 3.8) is 0 Å². The molecule has 0 aliphatic heterocycles. The highest BCUT2D eigenvalue weighted by atomic mass is 16.5. The van der Waals surface area contributed by atoms with E-state index in [1.807, 2.05) is 78.9 Å². The van der Waals surface area contributed by atoms with Crippen molar-refractivity contribution in [3.05, 3.63) is 136 Å². The Morgan fingerprint density at radius 3 is 2.02 bits per heavy atom. The highest BCUT2D eigenvalue weighted by Gasteiger charge is 2.34. The van der Waals surface area contributed by atoms with E-state index in [-0.39, 0.29) is 35.6 Å². The van der Waals surface area contributed by atoms with Crippen LogP contribution in [0.15, 0.2) is 112 Å². The molecule has 2 atom stereocenters. The predicted molar refractivity (Wildman–Crippen MR) is 162 cm³/mol. The third kappa shape index (κ3) is 6.03. The lowest BCUT2D eigenvalue weighted by molar-refractivity contribution is -0.116. The summed E-state index contributed by atoms with van der Waals surface area (Å²) in [4.78, 5) is 31.5. The van der Waals surface area contributed by atoms with E-state index in [1.165, 1.54) is 5.56 Å². The molecule has 42 heavy (non-hydrogen) atoms. The molecule has 0 saturated heterocycles. The summed E-state index contributed by atoms with van der Waals surface area (Å²) in [5.74, 6) is 0.598. The average molecular weight is 559 g/mol. The number of Topliss-reactive ketones (excluding diaryl/α,β-unsaturated/α-hetero) is 2. The van der Waals surface area contributed by atoms with Crippen LogP contribution in [-0.4, -0.2) is 34.1 Å². The summed E-state index contributed by atoms with van der Waals surface area (Å²) in [5, 5.41) is 15.5. The van der Waals surface area contributed by atoms with Crippen molar-refractivity contribution in [1.29, 1.82) is 0 Å². The normalized spacial score (nSPS) is 20.9. The maximum Gasteiger partial charge on any atom is 0.168 e. The number of hydrogen-bond donors (Lipinski definition) is 1. The molecule has 6 heteroatoms. The van der Waals surface area contributed by atoms with Crippen LogP contribution < -0.4 is 0 Å². The second kappa shape index (κ2) is 12.5. The van der Waals surface area contributed by atoms with Gasteiger partial charge >= 0.3 is 0 Å². The van der Waals surface area contributed by atoms with Crippen LogP contribution in [0.25, 0.3) is 0 Å². The molecule has 0 amide bonds. The SMILES string of the molecule is O=C1CC(c2ccccc2)CC(=NCCc2ccccc2)/C1=C(\O)CCc1noc2c1C(=O)CC(c1ccccc1)C2. The van der Waals surface area contributed by atoms with E-state index in [0.29, 0.717) is 67.0 Å².